The predicted octanol–water partition coefficient (Wildman–Crippen LogP) is 2.69. The van der Waals surface area contributed by atoms with Crippen LogP contribution in [0.25, 0.3) is 0 Å². The number of halogens is 1. The van der Waals surface area contributed by atoms with Crippen molar-refractivity contribution in [2.75, 3.05) is 13.1 Å². The van der Waals surface area contributed by atoms with Crippen molar-refractivity contribution in [3.8, 4) is 0 Å². The monoisotopic (exact) mass is 345 g/mol. The van der Waals surface area contributed by atoms with Gasteiger partial charge in [-0.2, -0.15) is 5.10 Å². The van der Waals surface area contributed by atoms with Crippen molar-refractivity contribution >= 4 is 17.5 Å². The summed E-state index contributed by atoms with van der Waals surface area (Å²) in [5.41, 5.74) is 0.948. The number of nitrogens with zero attached hydrogens (tertiary/aromatic N) is 3. The Labute approximate surface area is 145 Å². The minimum absolute atomic E-state index is 0.00693. The molecule has 1 aromatic carbocycles. The Balaban J connectivity index is 1.72. The number of amides is 1. The summed E-state index contributed by atoms with van der Waals surface area (Å²) in [7, 11) is 0. The number of benzene rings is 1. The summed E-state index contributed by atoms with van der Waals surface area (Å²) < 4.78 is 1.21. The van der Waals surface area contributed by atoms with E-state index in [0.717, 1.165) is 30.8 Å². The average molecular weight is 346 g/mol. The molecule has 0 spiro atoms. The molecule has 126 valence electrons. The Morgan fingerprint density at radius 1 is 1.21 bits per heavy atom. The second kappa shape index (κ2) is 7.62. The fraction of sp³-hybridized carbons (Fsp3) is 0.389. The molecular weight excluding hydrogens is 326 g/mol. The van der Waals surface area contributed by atoms with Gasteiger partial charge in [0.15, 0.2) is 0 Å². The molecule has 0 bridgehead atoms. The molecule has 3 rings (SSSR count). The maximum absolute atomic E-state index is 12.6. The third kappa shape index (κ3) is 4.03. The Morgan fingerprint density at radius 2 is 2.00 bits per heavy atom. The van der Waals surface area contributed by atoms with Crippen molar-refractivity contribution in [1.29, 1.82) is 0 Å². The molecule has 1 fully saturated rings. The number of rotatable bonds is 3. The Morgan fingerprint density at radius 3 is 2.75 bits per heavy atom. The van der Waals surface area contributed by atoms with Crippen molar-refractivity contribution in [3.05, 3.63) is 63.5 Å². The average Bonchev–Trinajstić information content (AvgIpc) is 2.84. The highest BCUT2D eigenvalue weighted by atomic mass is 35.5. The van der Waals surface area contributed by atoms with Crippen LogP contribution in [0.15, 0.2) is 47.4 Å². The number of hydrogen-bond donors (Lipinski definition) is 0. The van der Waals surface area contributed by atoms with Gasteiger partial charge in [0.2, 0.25) is 5.91 Å². The first kappa shape index (κ1) is 16.7. The lowest BCUT2D eigenvalue weighted by atomic mass is 9.94. The van der Waals surface area contributed by atoms with E-state index in [9.17, 15) is 9.59 Å². The standard InChI is InChI=1S/C18H20ClN3O2/c19-16-8-6-14(7-9-16)15-4-1-2-11-21(12-15)18(24)13-22-17(23)5-3-10-20-22/h3,5-10,15H,1-2,4,11-13H2. The van der Waals surface area contributed by atoms with Crippen molar-refractivity contribution in [3.63, 3.8) is 0 Å². The van der Waals surface area contributed by atoms with Crippen molar-refractivity contribution < 1.29 is 4.79 Å². The van der Waals surface area contributed by atoms with Crippen LogP contribution in [0.5, 0.6) is 0 Å². The molecule has 2 heterocycles. The SMILES string of the molecule is O=C(Cn1ncccc1=O)N1CCCCC(c2ccc(Cl)cc2)C1. The van der Waals surface area contributed by atoms with Gasteiger partial charge in [0.25, 0.3) is 5.56 Å². The maximum atomic E-state index is 12.6. The molecular formula is C18H20ClN3O2. The van der Waals surface area contributed by atoms with Crippen LogP contribution in [-0.4, -0.2) is 33.7 Å². The maximum Gasteiger partial charge on any atom is 0.267 e. The molecule has 1 amide bonds. The number of aromatic nitrogens is 2. The molecule has 2 aromatic rings. The number of likely N-dealkylation sites (tertiary alicyclic amines) is 1. The quantitative estimate of drug-likeness (QED) is 0.859. The molecule has 5 nitrogen and oxygen atoms in total. The van der Waals surface area contributed by atoms with E-state index in [-0.39, 0.29) is 18.0 Å². The van der Waals surface area contributed by atoms with Gasteiger partial charge in [-0.25, -0.2) is 4.68 Å². The van der Waals surface area contributed by atoms with Gasteiger partial charge in [-0.3, -0.25) is 9.59 Å². The van der Waals surface area contributed by atoms with E-state index in [1.807, 2.05) is 29.2 Å². The fourth-order valence-electron chi connectivity index (χ4n) is 3.11. The van der Waals surface area contributed by atoms with Gasteiger partial charge in [-0.15, -0.1) is 0 Å². The van der Waals surface area contributed by atoms with Gasteiger partial charge >= 0.3 is 0 Å². The summed E-state index contributed by atoms with van der Waals surface area (Å²) in [6, 6.07) is 10.8. The molecule has 6 heteroatoms. The van der Waals surface area contributed by atoms with Crippen LogP contribution in [0.2, 0.25) is 5.02 Å². The van der Waals surface area contributed by atoms with E-state index in [2.05, 4.69) is 5.10 Å². The molecule has 0 aliphatic carbocycles. The summed E-state index contributed by atoms with van der Waals surface area (Å²) in [6.45, 7) is 1.39. The zero-order chi connectivity index (χ0) is 16.9. The van der Waals surface area contributed by atoms with Crippen LogP contribution in [-0.2, 0) is 11.3 Å². The van der Waals surface area contributed by atoms with E-state index in [4.69, 9.17) is 11.6 Å². The number of carbonyl (C=O) groups is 1. The summed E-state index contributed by atoms with van der Waals surface area (Å²) in [5, 5.41) is 4.68. The van der Waals surface area contributed by atoms with Crippen LogP contribution in [0.1, 0.15) is 30.7 Å². The first-order valence-corrected chi connectivity index (χ1v) is 8.56. The highest BCUT2D eigenvalue weighted by Gasteiger charge is 2.23. The normalized spacial score (nSPS) is 18.2. The topological polar surface area (TPSA) is 55.2 Å². The summed E-state index contributed by atoms with van der Waals surface area (Å²) >= 11 is 5.96. The van der Waals surface area contributed by atoms with Crippen LogP contribution < -0.4 is 5.56 Å². The van der Waals surface area contributed by atoms with Crippen molar-refractivity contribution in [1.82, 2.24) is 14.7 Å². The van der Waals surface area contributed by atoms with Crippen molar-refractivity contribution in [2.45, 2.75) is 31.7 Å². The highest BCUT2D eigenvalue weighted by molar-refractivity contribution is 6.30. The van der Waals surface area contributed by atoms with E-state index < -0.39 is 0 Å². The van der Waals surface area contributed by atoms with Crippen LogP contribution in [0, 0.1) is 0 Å². The molecule has 24 heavy (non-hydrogen) atoms. The smallest absolute Gasteiger partial charge is 0.267 e. The number of hydrogen-bond acceptors (Lipinski definition) is 3. The van der Waals surface area contributed by atoms with Gasteiger partial charge in [-0.05, 0) is 36.6 Å². The molecule has 1 aliphatic heterocycles. The molecule has 0 radical (unpaired) electrons. The minimum atomic E-state index is -0.255. The van der Waals surface area contributed by atoms with Gasteiger partial charge < -0.3 is 4.90 Å². The zero-order valence-corrected chi connectivity index (χ0v) is 14.2. The number of carbonyl (C=O) groups excluding carboxylic acids is 1. The summed E-state index contributed by atoms with van der Waals surface area (Å²) in [4.78, 5) is 26.2. The lowest BCUT2D eigenvalue weighted by Gasteiger charge is -2.25. The van der Waals surface area contributed by atoms with Crippen LogP contribution in [0.4, 0.5) is 0 Å². The first-order chi connectivity index (χ1) is 11.6. The minimum Gasteiger partial charge on any atom is -0.340 e. The van der Waals surface area contributed by atoms with Gasteiger partial charge in [-0.1, -0.05) is 30.2 Å². The molecule has 1 saturated heterocycles. The van der Waals surface area contributed by atoms with Crippen LogP contribution in [0.3, 0.4) is 0 Å². The highest BCUT2D eigenvalue weighted by Crippen LogP contribution is 2.27. The van der Waals surface area contributed by atoms with Gasteiger partial charge in [0.1, 0.15) is 6.54 Å². The lowest BCUT2D eigenvalue weighted by molar-refractivity contribution is -0.132. The van der Waals surface area contributed by atoms with E-state index in [1.165, 1.54) is 22.5 Å². The van der Waals surface area contributed by atoms with Gasteiger partial charge in [0.05, 0.1) is 0 Å². The molecule has 0 saturated carbocycles. The van der Waals surface area contributed by atoms with E-state index in [0.29, 0.717) is 12.5 Å². The summed E-state index contributed by atoms with van der Waals surface area (Å²) in [6.07, 6.45) is 4.64. The molecule has 0 N–H and O–H groups in total. The Bertz CT molecular complexity index is 757. The lowest BCUT2D eigenvalue weighted by Crippen LogP contribution is -2.39. The first-order valence-electron chi connectivity index (χ1n) is 8.19. The predicted molar refractivity (Wildman–Crippen MR) is 93.1 cm³/mol. The Hall–Kier alpha value is -2.14. The van der Waals surface area contributed by atoms with E-state index >= 15 is 0 Å². The zero-order valence-electron chi connectivity index (χ0n) is 13.4. The second-order valence-electron chi connectivity index (χ2n) is 6.10. The molecule has 1 aliphatic rings. The largest absolute Gasteiger partial charge is 0.340 e. The third-order valence-electron chi connectivity index (χ3n) is 4.44. The second-order valence-corrected chi connectivity index (χ2v) is 6.54. The van der Waals surface area contributed by atoms with Crippen LogP contribution >= 0.6 is 11.6 Å². The summed E-state index contributed by atoms with van der Waals surface area (Å²) in [5.74, 6) is 0.242. The van der Waals surface area contributed by atoms with Crippen molar-refractivity contribution in [2.24, 2.45) is 0 Å². The third-order valence-corrected chi connectivity index (χ3v) is 4.69. The molecule has 1 unspecified atom stereocenters. The molecule has 1 aromatic heterocycles. The fourth-order valence-corrected chi connectivity index (χ4v) is 3.24. The Kier molecular flexibility index (Phi) is 5.30. The molecule has 1 atom stereocenters. The van der Waals surface area contributed by atoms with E-state index in [1.54, 1.807) is 6.07 Å². The van der Waals surface area contributed by atoms with Gasteiger partial charge in [0, 0.05) is 36.3 Å².